The van der Waals surface area contributed by atoms with Gasteiger partial charge in [0.05, 0.1) is 10.9 Å². The van der Waals surface area contributed by atoms with Crippen LogP contribution in [0.5, 0.6) is 5.75 Å². The van der Waals surface area contributed by atoms with Crippen molar-refractivity contribution in [2.45, 2.75) is 51.4 Å². The second-order valence-corrected chi connectivity index (χ2v) is 6.56. The highest BCUT2D eigenvalue weighted by Gasteiger charge is 2.31. The van der Waals surface area contributed by atoms with Crippen LogP contribution in [0.25, 0.3) is 11.0 Å². The Balaban J connectivity index is 2.12. The minimum atomic E-state index is -0.516. The standard InChI is InChI=1S/C19H22O4/c1-12(20)11-15(13-7-3-2-4-8-13)17-18(21)14-9-5-6-10-16(14)23-19(17)22/h5-6,9-10,13,15,21H,2-4,7-8,11H2,1H3. The molecule has 0 saturated heterocycles. The zero-order valence-electron chi connectivity index (χ0n) is 13.4. The summed E-state index contributed by atoms with van der Waals surface area (Å²) in [4.78, 5) is 24.2. The molecule has 122 valence electrons. The van der Waals surface area contributed by atoms with Gasteiger partial charge in [-0.2, -0.15) is 0 Å². The first kappa shape index (κ1) is 15.8. The predicted molar refractivity (Wildman–Crippen MR) is 88.8 cm³/mol. The minimum absolute atomic E-state index is 0.0197. The summed E-state index contributed by atoms with van der Waals surface area (Å²) in [5, 5.41) is 11.2. The molecule has 1 fully saturated rings. The van der Waals surface area contributed by atoms with E-state index in [0.29, 0.717) is 11.0 Å². The van der Waals surface area contributed by atoms with Crippen LogP contribution in [-0.2, 0) is 4.79 Å². The maximum atomic E-state index is 12.5. The first-order chi connectivity index (χ1) is 11.1. The summed E-state index contributed by atoms with van der Waals surface area (Å²) in [5.74, 6) is 0.0115. The Hall–Kier alpha value is -2.10. The van der Waals surface area contributed by atoms with Crippen molar-refractivity contribution >= 4 is 16.8 Å². The van der Waals surface area contributed by atoms with Crippen molar-refractivity contribution in [2.24, 2.45) is 5.92 Å². The lowest BCUT2D eigenvalue weighted by Gasteiger charge is -2.29. The predicted octanol–water partition coefficient (Wildman–Crippen LogP) is 4.14. The van der Waals surface area contributed by atoms with E-state index in [0.717, 1.165) is 25.7 Å². The van der Waals surface area contributed by atoms with E-state index in [1.807, 2.05) is 0 Å². The third kappa shape index (κ3) is 3.16. The van der Waals surface area contributed by atoms with Gasteiger partial charge in [-0.3, -0.25) is 0 Å². The van der Waals surface area contributed by atoms with Crippen LogP contribution in [-0.4, -0.2) is 10.9 Å². The molecular formula is C19H22O4. The molecular weight excluding hydrogens is 292 g/mol. The molecule has 23 heavy (non-hydrogen) atoms. The van der Waals surface area contributed by atoms with Gasteiger partial charge in [0.15, 0.2) is 0 Å². The van der Waals surface area contributed by atoms with Crippen LogP contribution in [0, 0.1) is 5.92 Å². The van der Waals surface area contributed by atoms with E-state index < -0.39 is 5.63 Å². The Morgan fingerprint density at radius 1 is 1.26 bits per heavy atom. The monoisotopic (exact) mass is 314 g/mol. The average Bonchev–Trinajstić information content (AvgIpc) is 2.54. The van der Waals surface area contributed by atoms with Crippen LogP contribution >= 0.6 is 0 Å². The maximum absolute atomic E-state index is 12.5. The number of hydrogen-bond acceptors (Lipinski definition) is 4. The number of benzene rings is 1. The quantitative estimate of drug-likeness (QED) is 0.861. The fraction of sp³-hybridized carbons (Fsp3) is 0.474. The molecule has 0 amide bonds. The Bertz CT molecular complexity index is 769. The molecule has 1 atom stereocenters. The summed E-state index contributed by atoms with van der Waals surface area (Å²) in [5.41, 5.74) is 0.146. The summed E-state index contributed by atoms with van der Waals surface area (Å²) < 4.78 is 5.40. The van der Waals surface area contributed by atoms with Gasteiger partial charge in [-0.15, -0.1) is 0 Å². The van der Waals surface area contributed by atoms with Crippen LogP contribution in [0.1, 0.15) is 56.9 Å². The van der Waals surface area contributed by atoms with E-state index in [1.54, 1.807) is 24.3 Å². The number of para-hydroxylation sites is 1. The molecule has 0 aliphatic heterocycles. The van der Waals surface area contributed by atoms with Gasteiger partial charge < -0.3 is 14.3 Å². The minimum Gasteiger partial charge on any atom is -0.507 e. The molecule has 1 unspecified atom stereocenters. The number of hydrogen-bond donors (Lipinski definition) is 1. The Labute approximate surface area is 135 Å². The first-order valence-corrected chi connectivity index (χ1v) is 8.32. The lowest BCUT2D eigenvalue weighted by molar-refractivity contribution is -0.117. The van der Waals surface area contributed by atoms with Gasteiger partial charge in [0, 0.05) is 12.3 Å². The molecule has 1 aliphatic carbocycles. The molecule has 2 aromatic rings. The van der Waals surface area contributed by atoms with Crippen molar-refractivity contribution < 1.29 is 14.3 Å². The summed E-state index contributed by atoms with van der Waals surface area (Å²) in [7, 11) is 0. The Morgan fingerprint density at radius 3 is 2.65 bits per heavy atom. The molecule has 1 aliphatic rings. The molecule has 1 aromatic carbocycles. The second-order valence-electron chi connectivity index (χ2n) is 6.56. The third-order valence-corrected chi connectivity index (χ3v) is 4.92. The van der Waals surface area contributed by atoms with E-state index in [-0.39, 0.29) is 35.4 Å². The molecule has 1 N–H and O–H groups in total. The molecule has 1 aromatic heterocycles. The molecule has 0 bridgehead atoms. The molecule has 3 rings (SSSR count). The fourth-order valence-corrected chi connectivity index (χ4v) is 3.83. The highest BCUT2D eigenvalue weighted by Crippen LogP contribution is 2.41. The van der Waals surface area contributed by atoms with E-state index in [1.165, 1.54) is 13.3 Å². The molecule has 4 heteroatoms. The second kappa shape index (κ2) is 6.57. The number of aromatic hydroxyl groups is 1. The van der Waals surface area contributed by atoms with Gasteiger partial charge in [0.2, 0.25) is 0 Å². The van der Waals surface area contributed by atoms with Gasteiger partial charge >= 0.3 is 5.63 Å². The summed E-state index contributed by atoms with van der Waals surface area (Å²) >= 11 is 0. The lowest BCUT2D eigenvalue weighted by atomic mass is 9.74. The summed E-state index contributed by atoms with van der Waals surface area (Å²) in [6, 6.07) is 6.97. The van der Waals surface area contributed by atoms with Crippen molar-refractivity contribution in [2.75, 3.05) is 0 Å². The van der Waals surface area contributed by atoms with Crippen LogP contribution in [0.15, 0.2) is 33.5 Å². The largest absolute Gasteiger partial charge is 0.507 e. The van der Waals surface area contributed by atoms with Gasteiger partial charge in [-0.25, -0.2) is 4.79 Å². The SMILES string of the molecule is CC(=O)CC(c1c(O)c2ccccc2oc1=O)C1CCCCC1. The maximum Gasteiger partial charge on any atom is 0.343 e. The smallest absolute Gasteiger partial charge is 0.343 e. The average molecular weight is 314 g/mol. The van der Waals surface area contributed by atoms with Gasteiger partial charge in [-0.1, -0.05) is 31.4 Å². The lowest BCUT2D eigenvalue weighted by Crippen LogP contribution is -2.24. The van der Waals surface area contributed by atoms with Crippen molar-refractivity contribution in [1.82, 2.24) is 0 Å². The van der Waals surface area contributed by atoms with Gasteiger partial charge in [-0.05, 0) is 37.8 Å². The van der Waals surface area contributed by atoms with Crippen LogP contribution < -0.4 is 5.63 Å². The first-order valence-electron chi connectivity index (χ1n) is 8.32. The molecule has 0 spiro atoms. The van der Waals surface area contributed by atoms with Crippen molar-refractivity contribution in [3.05, 3.63) is 40.2 Å². The van der Waals surface area contributed by atoms with Gasteiger partial charge in [0.25, 0.3) is 0 Å². The molecule has 1 heterocycles. The van der Waals surface area contributed by atoms with E-state index >= 15 is 0 Å². The van der Waals surface area contributed by atoms with E-state index in [9.17, 15) is 14.7 Å². The van der Waals surface area contributed by atoms with Crippen molar-refractivity contribution in [3.8, 4) is 5.75 Å². The van der Waals surface area contributed by atoms with Crippen LogP contribution in [0.2, 0.25) is 0 Å². The van der Waals surface area contributed by atoms with Crippen LogP contribution in [0.4, 0.5) is 0 Å². The molecule has 0 radical (unpaired) electrons. The van der Waals surface area contributed by atoms with Crippen LogP contribution in [0.3, 0.4) is 0 Å². The number of ketones is 1. The number of rotatable bonds is 4. The zero-order chi connectivity index (χ0) is 16.4. The molecule has 1 saturated carbocycles. The third-order valence-electron chi connectivity index (χ3n) is 4.92. The summed E-state index contributed by atoms with van der Waals surface area (Å²) in [6.45, 7) is 1.54. The fourth-order valence-electron chi connectivity index (χ4n) is 3.83. The number of fused-ring (bicyclic) bond motifs is 1. The topological polar surface area (TPSA) is 67.5 Å². The molecule has 4 nitrogen and oxygen atoms in total. The highest BCUT2D eigenvalue weighted by atomic mass is 16.4. The van der Waals surface area contributed by atoms with Crippen molar-refractivity contribution in [1.29, 1.82) is 0 Å². The number of carbonyl (C=O) groups is 1. The summed E-state index contributed by atoms with van der Waals surface area (Å²) in [6.07, 6.45) is 5.67. The Morgan fingerprint density at radius 2 is 1.96 bits per heavy atom. The Kier molecular flexibility index (Phi) is 4.51. The van der Waals surface area contributed by atoms with E-state index in [2.05, 4.69) is 0 Å². The van der Waals surface area contributed by atoms with E-state index in [4.69, 9.17) is 4.42 Å². The number of carbonyl (C=O) groups excluding carboxylic acids is 1. The highest BCUT2D eigenvalue weighted by molar-refractivity contribution is 5.84. The van der Waals surface area contributed by atoms with Gasteiger partial charge in [0.1, 0.15) is 17.1 Å². The zero-order valence-corrected chi connectivity index (χ0v) is 13.4. The normalized spacial score (nSPS) is 17.3. The number of Topliss-reactive ketones (excluding diaryl/α,β-unsaturated/α-hetero) is 1. The van der Waals surface area contributed by atoms with Crippen molar-refractivity contribution in [3.63, 3.8) is 0 Å².